The Balaban J connectivity index is 1.35. The molecule has 0 aliphatic carbocycles. The minimum atomic E-state index is -0.617. The highest BCUT2D eigenvalue weighted by Crippen LogP contribution is 2.38. The number of carbonyl (C=O) groups is 2. The molecule has 3 aromatic carbocycles. The van der Waals surface area contributed by atoms with Gasteiger partial charge in [0.2, 0.25) is 5.91 Å². The van der Waals surface area contributed by atoms with Gasteiger partial charge in [-0.25, -0.2) is 9.40 Å². The standard InChI is InChI=1S/C28H25FN4O2S/c1-17-6-8-20(9-7-17)24-15-23(19-10-12-21(29)13-11-19)32-33(24)28-31-27(35)25(36-28)16-26(34)30-22-5-3-4-18(2)14-22/h3-14,24-25H,15-16H2,1-2H3,(H,30,34)/t24-,25+/m1/s1. The Hall–Kier alpha value is -3.78. The second-order valence-electron chi connectivity index (χ2n) is 8.99. The lowest BCUT2D eigenvalue weighted by atomic mass is 9.98. The summed E-state index contributed by atoms with van der Waals surface area (Å²) in [6.07, 6.45) is 0.600. The number of amidine groups is 1. The van der Waals surface area contributed by atoms with Crippen LogP contribution in [0.1, 0.15) is 41.1 Å². The molecule has 0 saturated carbocycles. The van der Waals surface area contributed by atoms with Crippen LogP contribution in [0.2, 0.25) is 0 Å². The van der Waals surface area contributed by atoms with Crippen LogP contribution in [0, 0.1) is 19.7 Å². The monoisotopic (exact) mass is 500 g/mol. The van der Waals surface area contributed by atoms with Crippen molar-refractivity contribution < 1.29 is 14.0 Å². The molecule has 0 fully saturated rings. The van der Waals surface area contributed by atoms with Crippen LogP contribution in [-0.4, -0.2) is 33.0 Å². The maximum atomic E-state index is 13.5. The SMILES string of the molecule is Cc1ccc([C@H]2CC(c3ccc(F)cc3)=NN2C2=NC(=O)[C@H](CC(=O)Nc3cccc(C)c3)S2)cc1. The van der Waals surface area contributed by atoms with E-state index in [1.807, 2.05) is 62.4 Å². The van der Waals surface area contributed by atoms with Crippen LogP contribution in [0.5, 0.6) is 0 Å². The second-order valence-corrected chi connectivity index (χ2v) is 10.2. The molecule has 2 heterocycles. The molecule has 2 atom stereocenters. The Morgan fingerprint density at radius 3 is 2.53 bits per heavy atom. The number of anilines is 1. The number of hydrogen-bond acceptors (Lipinski definition) is 5. The summed E-state index contributed by atoms with van der Waals surface area (Å²) in [5, 5.41) is 9.28. The van der Waals surface area contributed by atoms with E-state index in [9.17, 15) is 14.0 Å². The van der Waals surface area contributed by atoms with Gasteiger partial charge in [0.25, 0.3) is 5.91 Å². The van der Waals surface area contributed by atoms with Gasteiger partial charge in [0, 0.05) is 18.5 Å². The van der Waals surface area contributed by atoms with E-state index in [-0.39, 0.29) is 30.1 Å². The molecule has 0 radical (unpaired) electrons. The number of amides is 2. The molecule has 6 nitrogen and oxygen atoms in total. The normalized spacial score (nSPS) is 19.3. The molecule has 0 aromatic heterocycles. The Morgan fingerprint density at radius 2 is 1.81 bits per heavy atom. The van der Waals surface area contributed by atoms with Crippen LogP contribution in [-0.2, 0) is 9.59 Å². The fourth-order valence-electron chi connectivity index (χ4n) is 4.26. The van der Waals surface area contributed by atoms with E-state index in [1.54, 1.807) is 17.1 Å². The molecule has 5 rings (SSSR count). The summed E-state index contributed by atoms with van der Waals surface area (Å²) in [6, 6.07) is 21.8. The largest absolute Gasteiger partial charge is 0.326 e. The molecule has 1 N–H and O–H groups in total. The number of rotatable bonds is 5. The molecule has 8 heteroatoms. The smallest absolute Gasteiger partial charge is 0.262 e. The van der Waals surface area contributed by atoms with Crippen LogP contribution in [0.3, 0.4) is 0 Å². The van der Waals surface area contributed by atoms with E-state index in [4.69, 9.17) is 5.10 Å². The van der Waals surface area contributed by atoms with Crippen LogP contribution in [0.15, 0.2) is 82.9 Å². The number of hydrogen-bond donors (Lipinski definition) is 1. The summed E-state index contributed by atoms with van der Waals surface area (Å²) in [7, 11) is 0. The van der Waals surface area contributed by atoms with Gasteiger partial charge >= 0.3 is 0 Å². The van der Waals surface area contributed by atoms with Crippen molar-refractivity contribution in [3.8, 4) is 0 Å². The first kappa shape index (κ1) is 23.9. The van der Waals surface area contributed by atoms with Gasteiger partial charge in [0.15, 0.2) is 5.17 Å². The van der Waals surface area contributed by atoms with Crippen LogP contribution in [0.25, 0.3) is 0 Å². The summed E-state index contributed by atoms with van der Waals surface area (Å²) in [6.45, 7) is 3.98. The van der Waals surface area contributed by atoms with E-state index in [0.717, 1.165) is 28.0 Å². The molecule has 2 aliphatic heterocycles. The van der Waals surface area contributed by atoms with Crippen LogP contribution in [0.4, 0.5) is 10.1 Å². The number of benzene rings is 3. The quantitative estimate of drug-likeness (QED) is 0.493. The van der Waals surface area contributed by atoms with Crippen molar-refractivity contribution in [3.05, 3.63) is 101 Å². The van der Waals surface area contributed by atoms with Crippen molar-refractivity contribution in [2.45, 2.75) is 38.0 Å². The molecular formula is C28H25FN4O2S. The van der Waals surface area contributed by atoms with Gasteiger partial charge in [-0.2, -0.15) is 10.1 Å². The van der Waals surface area contributed by atoms with Gasteiger partial charge in [-0.15, -0.1) is 0 Å². The maximum Gasteiger partial charge on any atom is 0.262 e. The lowest BCUT2D eigenvalue weighted by Gasteiger charge is -2.23. The molecular weight excluding hydrogens is 475 g/mol. The number of carbonyl (C=O) groups excluding carboxylic acids is 2. The molecule has 2 amide bonds. The topological polar surface area (TPSA) is 74.1 Å². The minimum Gasteiger partial charge on any atom is -0.326 e. The van der Waals surface area contributed by atoms with E-state index in [2.05, 4.69) is 10.3 Å². The number of aliphatic imine (C=N–C) groups is 1. The third-order valence-corrected chi connectivity index (χ3v) is 7.29. The molecule has 182 valence electrons. The van der Waals surface area contributed by atoms with Crippen molar-refractivity contribution in [1.82, 2.24) is 5.01 Å². The first-order chi connectivity index (χ1) is 17.4. The van der Waals surface area contributed by atoms with E-state index in [1.165, 1.54) is 23.9 Å². The Labute approximate surface area is 213 Å². The van der Waals surface area contributed by atoms with Gasteiger partial charge in [-0.1, -0.05) is 65.9 Å². The van der Waals surface area contributed by atoms with E-state index >= 15 is 0 Å². The van der Waals surface area contributed by atoms with Crippen LogP contribution < -0.4 is 5.32 Å². The average Bonchev–Trinajstić information content (AvgIpc) is 3.44. The number of thioether (sulfide) groups is 1. The lowest BCUT2D eigenvalue weighted by molar-refractivity contribution is -0.121. The van der Waals surface area contributed by atoms with Crippen molar-refractivity contribution in [1.29, 1.82) is 0 Å². The third kappa shape index (κ3) is 5.23. The second kappa shape index (κ2) is 10.1. The predicted octanol–water partition coefficient (Wildman–Crippen LogP) is 5.62. The van der Waals surface area contributed by atoms with Gasteiger partial charge in [0.05, 0.1) is 11.8 Å². The summed E-state index contributed by atoms with van der Waals surface area (Å²) in [5.41, 5.74) is 5.53. The zero-order valence-electron chi connectivity index (χ0n) is 19.9. The van der Waals surface area contributed by atoms with Gasteiger partial charge < -0.3 is 5.32 Å². The predicted molar refractivity (Wildman–Crippen MR) is 142 cm³/mol. The number of nitrogens with zero attached hydrogens (tertiary/aromatic N) is 3. The van der Waals surface area contributed by atoms with E-state index in [0.29, 0.717) is 17.3 Å². The fraction of sp³-hybridized carbons (Fsp3) is 0.214. The molecule has 36 heavy (non-hydrogen) atoms. The summed E-state index contributed by atoms with van der Waals surface area (Å²) in [5.74, 6) is -0.894. The molecule has 0 unspecified atom stereocenters. The highest BCUT2D eigenvalue weighted by atomic mass is 32.2. The maximum absolute atomic E-state index is 13.5. The summed E-state index contributed by atoms with van der Waals surface area (Å²) >= 11 is 1.26. The number of hydrazone groups is 1. The molecule has 0 spiro atoms. The van der Waals surface area contributed by atoms with Gasteiger partial charge in [-0.3, -0.25) is 9.59 Å². The van der Waals surface area contributed by atoms with Crippen molar-refractivity contribution >= 4 is 40.1 Å². The molecule has 0 saturated heterocycles. The highest BCUT2D eigenvalue weighted by Gasteiger charge is 2.39. The number of halogens is 1. The minimum absolute atomic E-state index is 0.0159. The Kier molecular flexibility index (Phi) is 6.69. The van der Waals surface area contributed by atoms with Crippen molar-refractivity contribution in [3.63, 3.8) is 0 Å². The highest BCUT2D eigenvalue weighted by molar-refractivity contribution is 8.15. The Bertz CT molecular complexity index is 1370. The summed E-state index contributed by atoms with van der Waals surface area (Å²) in [4.78, 5) is 29.7. The van der Waals surface area contributed by atoms with Crippen LogP contribution >= 0.6 is 11.8 Å². The number of aryl methyl sites for hydroxylation is 2. The lowest BCUT2D eigenvalue weighted by Crippen LogP contribution is -2.25. The molecule has 0 bridgehead atoms. The third-order valence-electron chi connectivity index (χ3n) is 6.15. The number of nitrogens with one attached hydrogen (secondary N) is 1. The van der Waals surface area contributed by atoms with E-state index < -0.39 is 5.25 Å². The van der Waals surface area contributed by atoms with Gasteiger partial charge in [0.1, 0.15) is 11.1 Å². The Morgan fingerprint density at radius 1 is 1.06 bits per heavy atom. The average molecular weight is 501 g/mol. The zero-order chi connectivity index (χ0) is 25.2. The fourth-order valence-corrected chi connectivity index (χ4v) is 5.32. The van der Waals surface area contributed by atoms with Crippen molar-refractivity contribution in [2.75, 3.05) is 5.32 Å². The van der Waals surface area contributed by atoms with Gasteiger partial charge in [-0.05, 0) is 54.8 Å². The van der Waals surface area contributed by atoms with Crippen molar-refractivity contribution in [2.24, 2.45) is 10.1 Å². The zero-order valence-corrected chi connectivity index (χ0v) is 20.8. The first-order valence-electron chi connectivity index (χ1n) is 11.7. The first-order valence-corrected chi connectivity index (χ1v) is 12.6. The molecule has 2 aliphatic rings. The molecule has 3 aromatic rings. The summed E-state index contributed by atoms with van der Waals surface area (Å²) < 4.78 is 13.5.